The molecule has 1 aromatic heterocycles. The number of piperidine rings is 1. The quantitative estimate of drug-likeness (QED) is 0.482. The van der Waals surface area contributed by atoms with Crippen molar-refractivity contribution in [1.82, 2.24) is 19.4 Å². The fraction of sp³-hybridized carbons (Fsp3) is 0.448. The Kier molecular flexibility index (Phi) is 7.45. The predicted octanol–water partition coefficient (Wildman–Crippen LogP) is 3.59. The molecule has 3 aromatic rings. The number of amides is 3. The Morgan fingerprint density at radius 2 is 1.79 bits per heavy atom. The van der Waals surface area contributed by atoms with Crippen molar-refractivity contribution in [1.29, 1.82) is 0 Å². The molecule has 0 spiro atoms. The lowest BCUT2D eigenvalue weighted by Gasteiger charge is -2.33. The highest BCUT2D eigenvalue weighted by atomic mass is 16.5. The molecular formula is C29H35N5O5. The Bertz CT molecular complexity index is 1500. The summed E-state index contributed by atoms with van der Waals surface area (Å²) in [5.74, 6) is 0.849. The van der Waals surface area contributed by atoms with E-state index < -0.39 is 0 Å². The van der Waals surface area contributed by atoms with Gasteiger partial charge in [-0.05, 0) is 87.9 Å². The Hall–Kier alpha value is -4.08. The summed E-state index contributed by atoms with van der Waals surface area (Å²) in [5, 5.41) is 6.34. The van der Waals surface area contributed by atoms with Crippen LogP contribution in [0.4, 0.5) is 10.5 Å². The Morgan fingerprint density at radius 3 is 2.46 bits per heavy atom. The number of ether oxygens (including phenoxy) is 1. The molecule has 3 amide bonds. The standard InChI is InChI=1S/C29H35N5O5/c1-18(2)34-25-13-10-21(15-24(25)27(36)33(29(34)38)16-19-6-7-19)31-28(37)32-14-4-5-22(17-32)30-26(35)20-8-11-23(39-3)12-9-20/h8-13,15,18-19,22H,4-7,14,16-17H2,1-3H3,(H,30,35)(H,31,37). The number of hydrogen-bond donors (Lipinski definition) is 2. The summed E-state index contributed by atoms with van der Waals surface area (Å²) in [7, 11) is 1.57. The van der Waals surface area contributed by atoms with Crippen LogP contribution < -0.4 is 26.6 Å². The molecule has 1 unspecified atom stereocenters. The highest BCUT2D eigenvalue weighted by Crippen LogP contribution is 2.30. The second-order valence-corrected chi connectivity index (χ2v) is 10.8. The number of likely N-dealkylation sites (tertiary alicyclic amines) is 1. The van der Waals surface area contributed by atoms with E-state index in [1.54, 1.807) is 59.0 Å². The molecule has 10 nitrogen and oxygen atoms in total. The van der Waals surface area contributed by atoms with Crippen molar-refractivity contribution in [3.63, 3.8) is 0 Å². The smallest absolute Gasteiger partial charge is 0.331 e. The van der Waals surface area contributed by atoms with E-state index >= 15 is 0 Å². The van der Waals surface area contributed by atoms with Crippen LogP contribution in [0.1, 0.15) is 55.9 Å². The monoisotopic (exact) mass is 533 g/mol. The van der Waals surface area contributed by atoms with Crippen LogP contribution in [0.25, 0.3) is 10.9 Å². The number of fused-ring (bicyclic) bond motifs is 1. The molecule has 1 saturated carbocycles. The summed E-state index contributed by atoms with van der Waals surface area (Å²) in [6.07, 6.45) is 3.58. The third-order valence-electron chi connectivity index (χ3n) is 7.47. The van der Waals surface area contributed by atoms with Gasteiger partial charge in [0.05, 0.1) is 18.0 Å². The van der Waals surface area contributed by atoms with Crippen molar-refractivity contribution in [3.05, 3.63) is 68.9 Å². The van der Waals surface area contributed by atoms with Gasteiger partial charge in [0.25, 0.3) is 11.5 Å². The number of rotatable bonds is 7. The van der Waals surface area contributed by atoms with Gasteiger partial charge < -0.3 is 20.3 Å². The maximum atomic E-state index is 13.3. The Labute approximate surface area is 226 Å². The van der Waals surface area contributed by atoms with Gasteiger partial charge in [0.15, 0.2) is 0 Å². The number of carbonyl (C=O) groups excluding carboxylic acids is 2. The third-order valence-corrected chi connectivity index (χ3v) is 7.47. The molecule has 1 saturated heterocycles. The Balaban J connectivity index is 1.31. The minimum Gasteiger partial charge on any atom is -0.497 e. The number of nitrogens with zero attached hydrogens (tertiary/aromatic N) is 3. The van der Waals surface area contributed by atoms with Crippen molar-refractivity contribution in [3.8, 4) is 5.75 Å². The van der Waals surface area contributed by atoms with Crippen molar-refractivity contribution < 1.29 is 14.3 Å². The van der Waals surface area contributed by atoms with E-state index in [0.717, 1.165) is 25.7 Å². The lowest BCUT2D eigenvalue weighted by Crippen LogP contribution is -2.50. The van der Waals surface area contributed by atoms with E-state index in [1.165, 1.54) is 4.57 Å². The largest absolute Gasteiger partial charge is 0.497 e. The van der Waals surface area contributed by atoms with E-state index in [1.807, 2.05) is 13.8 Å². The van der Waals surface area contributed by atoms with Crippen molar-refractivity contribution in [2.75, 3.05) is 25.5 Å². The summed E-state index contributed by atoms with van der Waals surface area (Å²) in [6, 6.07) is 11.4. The van der Waals surface area contributed by atoms with Gasteiger partial charge in [-0.1, -0.05) is 0 Å². The normalized spacial score (nSPS) is 17.3. The van der Waals surface area contributed by atoms with Gasteiger partial charge in [0.1, 0.15) is 5.75 Å². The first-order valence-corrected chi connectivity index (χ1v) is 13.5. The maximum Gasteiger partial charge on any atom is 0.331 e. The van der Waals surface area contributed by atoms with Crippen LogP contribution in [0.5, 0.6) is 5.75 Å². The minimum absolute atomic E-state index is 0.120. The minimum atomic E-state index is -0.325. The fourth-order valence-electron chi connectivity index (χ4n) is 5.17. The van der Waals surface area contributed by atoms with Crippen molar-refractivity contribution >= 4 is 28.5 Å². The van der Waals surface area contributed by atoms with Crippen LogP contribution >= 0.6 is 0 Å². The van der Waals surface area contributed by atoms with Gasteiger partial charge in [-0.2, -0.15) is 0 Å². The molecular weight excluding hydrogens is 498 g/mol. The number of methoxy groups -OCH3 is 1. The van der Waals surface area contributed by atoms with Gasteiger partial charge in [0.2, 0.25) is 0 Å². The number of benzene rings is 2. The average Bonchev–Trinajstić information content (AvgIpc) is 3.76. The molecule has 1 aliphatic carbocycles. The van der Waals surface area contributed by atoms with E-state index in [9.17, 15) is 19.2 Å². The molecule has 2 aromatic carbocycles. The van der Waals surface area contributed by atoms with E-state index in [2.05, 4.69) is 10.6 Å². The lowest BCUT2D eigenvalue weighted by atomic mass is 10.1. The molecule has 1 atom stereocenters. The molecule has 10 heteroatoms. The molecule has 5 rings (SSSR count). The van der Waals surface area contributed by atoms with E-state index in [0.29, 0.717) is 53.5 Å². The topological polar surface area (TPSA) is 115 Å². The first-order chi connectivity index (χ1) is 18.7. The zero-order valence-corrected chi connectivity index (χ0v) is 22.6. The molecule has 2 aliphatic rings. The molecule has 2 fully saturated rings. The Morgan fingerprint density at radius 1 is 1.05 bits per heavy atom. The fourth-order valence-corrected chi connectivity index (χ4v) is 5.17. The molecule has 2 N–H and O–H groups in total. The highest BCUT2D eigenvalue weighted by Gasteiger charge is 2.27. The molecule has 2 heterocycles. The zero-order valence-electron chi connectivity index (χ0n) is 22.6. The van der Waals surface area contributed by atoms with Gasteiger partial charge in [0, 0.05) is 43.0 Å². The van der Waals surface area contributed by atoms with Crippen LogP contribution in [-0.4, -0.2) is 52.2 Å². The summed E-state index contributed by atoms with van der Waals surface area (Å²) < 4.78 is 8.13. The highest BCUT2D eigenvalue weighted by molar-refractivity contribution is 5.95. The lowest BCUT2D eigenvalue weighted by molar-refractivity contribution is 0.0913. The number of hydrogen-bond acceptors (Lipinski definition) is 5. The summed E-state index contributed by atoms with van der Waals surface area (Å²) in [6.45, 7) is 5.21. The van der Waals surface area contributed by atoms with E-state index in [-0.39, 0.29) is 35.3 Å². The molecule has 0 radical (unpaired) electrons. The van der Waals surface area contributed by atoms with Crippen LogP contribution in [0.15, 0.2) is 52.1 Å². The van der Waals surface area contributed by atoms with Gasteiger partial charge in [-0.3, -0.25) is 18.7 Å². The molecule has 0 bridgehead atoms. The molecule has 39 heavy (non-hydrogen) atoms. The van der Waals surface area contributed by atoms with Crippen LogP contribution in [-0.2, 0) is 6.54 Å². The van der Waals surface area contributed by atoms with Gasteiger partial charge >= 0.3 is 11.7 Å². The predicted molar refractivity (Wildman–Crippen MR) is 150 cm³/mol. The summed E-state index contributed by atoms with van der Waals surface area (Å²) in [5.41, 5.74) is 0.961. The van der Waals surface area contributed by atoms with E-state index in [4.69, 9.17) is 4.74 Å². The molecule has 1 aliphatic heterocycles. The van der Waals surface area contributed by atoms with Crippen LogP contribution in [0.2, 0.25) is 0 Å². The first-order valence-electron chi connectivity index (χ1n) is 13.5. The second kappa shape index (κ2) is 11.0. The van der Waals surface area contributed by atoms with Crippen LogP contribution in [0, 0.1) is 5.92 Å². The van der Waals surface area contributed by atoms with Crippen molar-refractivity contribution in [2.45, 2.75) is 58.2 Å². The summed E-state index contributed by atoms with van der Waals surface area (Å²) >= 11 is 0. The van der Waals surface area contributed by atoms with Crippen molar-refractivity contribution in [2.24, 2.45) is 5.92 Å². The number of anilines is 1. The SMILES string of the molecule is COc1ccc(C(=O)NC2CCCN(C(=O)Nc3ccc4c(c3)c(=O)n(CC3CC3)c(=O)n4C(C)C)C2)cc1. The number of nitrogens with one attached hydrogen (secondary N) is 2. The van der Waals surface area contributed by atoms with Gasteiger partial charge in [-0.25, -0.2) is 9.59 Å². The average molecular weight is 534 g/mol. The second-order valence-electron chi connectivity index (χ2n) is 10.8. The number of carbonyl (C=O) groups is 2. The zero-order chi connectivity index (χ0) is 27.7. The van der Waals surface area contributed by atoms with Gasteiger partial charge in [-0.15, -0.1) is 0 Å². The molecule has 206 valence electrons. The third kappa shape index (κ3) is 5.69. The maximum absolute atomic E-state index is 13.3. The van der Waals surface area contributed by atoms with Crippen LogP contribution in [0.3, 0.4) is 0 Å². The number of urea groups is 1. The number of aromatic nitrogens is 2. The summed E-state index contributed by atoms with van der Waals surface area (Å²) in [4.78, 5) is 54.0. The first kappa shape index (κ1) is 26.5.